The summed E-state index contributed by atoms with van der Waals surface area (Å²) in [6, 6.07) is 76.0. The summed E-state index contributed by atoms with van der Waals surface area (Å²) in [6.45, 7) is 11.2. The molecule has 4 N–H and O–H groups in total. The number of aromatic nitrogens is 6. The number of unbranched alkanes of at least 4 members (excludes halogenated alkanes) is 26. The highest BCUT2D eigenvalue weighted by atomic mass is 14.8. The van der Waals surface area contributed by atoms with Crippen molar-refractivity contribution in [2.45, 2.75) is 238 Å². The predicted octanol–water partition coefficient (Wildman–Crippen LogP) is 24.8. The fourth-order valence-corrected chi connectivity index (χ4v) is 19.8. The van der Waals surface area contributed by atoms with Crippen molar-refractivity contribution in [1.82, 2.24) is 29.9 Å². The van der Waals surface area contributed by atoms with E-state index in [0.29, 0.717) is 0 Å². The van der Waals surface area contributed by atoms with Crippen molar-refractivity contribution in [2.75, 3.05) is 0 Å². The number of aromatic amines is 4. The molecule has 0 saturated carbocycles. The van der Waals surface area contributed by atoms with Crippen LogP contribution in [0.25, 0.3) is 78.1 Å². The maximum atomic E-state index is 5.88. The molecule has 1 unspecified atom stereocenters. The van der Waals surface area contributed by atoms with Crippen molar-refractivity contribution in [1.29, 1.82) is 0 Å². The Kier molecular flexibility index (Phi) is 35.4. The van der Waals surface area contributed by atoms with Crippen molar-refractivity contribution in [2.24, 2.45) is 0 Å². The van der Waals surface area contributed by atoms with Crippen molar-refractivity contribution in [3.8, 4) is 235 Å². The van der Waals surface area contributed by atoms with Gasteiger partial charge in [0.25, 0.3) is 0 Å². The Balaban J connectivity index is 0.781. The highest BCUT2D eigenvalue weighted by Crippen LogP contribution is 2.56. The molecule has 1 aliphatic heterocycles. The van der Waals surface area contributed by atoms with Crippen LogP contribution in [0.5, 0.6) is 0 Å². The van der Waals surface area contributed by atoms with Gasteiger partial charge in [0.2, 0.25) is 0 Å². The van der Waals surface area contributed by atoms with Crippen LogP contribution in [0.3, 0.4) is 0 Å². The van der Waals surface area contributed by atoms with Gasteiger partial charge >= 0.3 is 0 Å². The molecule has 0 fully saturated rings. The second kappa shape index (κ2) is 50.7. The summed E-state index contributed by atoms with van der Waals surface area (Å²) < 4.78 is 0. The lowest BCUT2D eigenvalue weighted by atomic mass is 9.70. The number of rotatable bonds is 35. The molecule has 0 amide bonds. The first-order valence-electron chi connectivity index (χ1n) is 49.8. The Labute approximate surface area is 825 Å². The molecule has 12 aromatic rings. The van der Waals surface area contributed by atoms with Gasteiger partial charge in [-0.05, 0) is 256 Å². The maximum Gasteiger partial charge on any atom is 0.0977 e. The average molecular weight is 1800 g/mol. The van der Waals surface area contributed by atoms with Crippen molar-refractivity contribution >= 4 is 33.3 Å². The van der Waals surface area contributed by atoms with Crippen molar-refractivity contribution in [3.05, 3.63) is 295 Å². The number of fused-ring (bicyclic) bond motifs is 15. The topological polar surface area (TPSA) is 88.9 Å². The minimum atomic E-state index is -0.765. The lowest BCUT2D eigenvalue weighted by Crippen LogP contribution is -2.26. The van der Waals surface area contributed by atoms with Crippen LogP contribution in [0.1, 0.15) is 288 Å². The Bertz CT molecular complexity index is 7930. The maximum absolute atomic E-state index is 5.88. The lowest BCUT2D eigenvalue weighted by molar-refractivity contribution is 0.396. The van der Waals surface area contributed by atoms with Crippen LogP contribution in [-0.4, -0.2) is 29.9 Å². The fraction of sp³-hybridized carbons (Fsp3) is 0.278. The van der Waals surface area contributed by atoms with E-state index in [-0.39, 0.29) is 5.41 Å². The van der Waals surface area contributed by atoms with Gasteiger partial charge in [0.1, 0.15) is 0 Å². The van der Waals surface area contributed by atoms with Gasteiger partial charge in [0.05, 0.1) is 27.8 Å². The molecule has 6 heteroatoms. The number of aryl methyl sites for hydroxylation is 1. The van der Waals surface area contributed by atoms with Crippen molar-refractivity contribution in [3.63, 3.8) is 0 Å². The highest BCUT2D eigenvalue weighted by Gasteiger charge is 2.43. The number of hydrogen-bond donors (Lipinski definition) is 4. The number of hydrogen-bond acceptors (Lipinski definition) is 2. The quantitative estimate of drug-likeness (QED) is 0.0236. The van der Waals surface area contributed by atoms with Gasteiger partial charge in [0.15, 0.2) is 0 Å². The Morgan fingerprint density at radius 3 is 1.03 bits per heavy atom. The third-order valence-electron chi connectivity index (χ3n) is 26.8. The first kappa shape index (κ1) is 97.0. The molecular formula is C133H114N6. The van der Waals surface area contributed by atoms with Gasteiger partial charge in [-0.2, -0.15) is 0 Å². The molecule has 6 heterocycles. The Morgan fingerprint density at radius 1 is 0.259 bits per heavy atom. The smallest absolute Gasteiger partial charge is 0.0977 e. The normalized spacial score (nSPS) is 12.4. The number of nitrogens with one attached hydrogen (secondary N) is 4. The van der Waals surface area contributed by atoms with Gasteiger partial charge in [-0.3, -0.25) is 0 Å². The highest BCUT2D eigenvalue weighted by molar-refractivity contribution is 5.98. The minimum absolute atomic E-state index is 0.140. The third-order valence-corrected chi connectivity index (χ3v) is 26.8. The number of terminal acetylenes is 1. The lowest BCUT2D eigenvalue weighted by Gasteiger charge is -2.33. The van der Waals surface area contributed by atoms with Crippen LogP contribution in [0.15, 0.2) is 206 Å². The summed E-state index contributed by atoms with van der Waals surface area (Å²) in [5.41, 5.74) is 26.6. The monoisotopic (exact) mass is 1790 g/mol. The Hall–Kier alpha value is -16.6. The van der Waals surface area contributed by atoms with Crippen LogP contribution in [0.4, 0.5) is 0 Å². The van der Waals surface area contributed by atoms with E-state index in [1.54, 1.807) is 0 Å². The largest absolute Gasteiger partial charge is 0.355 e. The summed E-state index contributed by atoms with van der Waals surface area (Å²) in [5.74, 6) is 82.3. The Morgan fingerprint density at radius 2 is 0.583 bits per heavy atom. The van der Waals surface area contributed by atoms with Crippen LogP contribution in [0.2, 0.25) is 0 Å². The van der Waals surface area contributed by atoms with E-state index in [1.165, 1.54) is 208 Å². The summed E-state index contributed by atoms with van der Waals surface area (Å²) in [6.07, 6.45) is 44.9. The molecule has 8 bridgehead atoms. The van der Waals surface area contributed by atoms with E-state index < -0.39 is 5.41 Å². The summed E-state index contributed by atoms with van der Waals surface area (Å²) >= 11 is 0. The molecular weight excluding hydrogens is 1680 g/mol. The fourth-order valence-electron chi connectivity index (χ4n) is 19.8. The van der Waals surface area contributed by atoms with Gasteiger partial charge < -0.3 is 19.9 Å². The summed E-state index contributed by atoms with van der Waals surface area (Å²) in [5, 5.41) is 3.86. The van der Waals surface area contributed by atoms with Crippen LogP contribution >= 0.6 is 0 Å². The van der Waals surface area contributed by atoms with E-state index in [1.807, 2.05) is 0 Å². The second-order valence-electron chi connectivity index (χ2n) is 36.1. The molecule has 2 aliphatic carbocycles. The van der Waals surface area contributed by atoms with Gasteiger partial charge in [-0.15, -0.1) is 6.42 Å². The molecule has 1 atom stereocenters. The standard InChI is InChI=1S/C133H114N6/c1-7-10-13-16-19-22-25-28-31-32-33-34-35-36-37-38-39-40-41-42-43-44-45-46-47-50-53-56-59-72-97-132(6)113-81-70-68-79-108(113)110-87-84-106(100-115(110)132)125-119-91-89-117(134-119)103(5)118-90-92-120(135-118)126(122-94-96-124(137-122)127(123-95-93-121(125)136-123)112-86-83-102(4)128-131(112)139-130(105-77-66-63-67-78-105)129(138-128)104-75-64-62-65-76-104)107-85-88-111-109-80-69-71-82-114(109)133(116(111)101-107,98-73-60-57-54-51-48-29-26-23-20-17-14-11-8-2)99-74-61-58-55-52-49-30-27-24-21-18-15-12-9-3/h1,62-71,75-96,100-101,134-137H,8-9,11-12,14-15,17-18,20-21,23-24,26-27,29-30,48-49,51-52,54-55,57-58,60-61,73-74,98-99H2,2-6H3. The molecule has 0 radical (unpaired) electrons. The summed E-state index contributed by atoms with van der Waals surface area (Å²) in [7, 11) is 0. The molecule has 0 saturated heterocycles. The SMILES string of the molecule is C#CC#CC#CC#CC#CC#CC#CC#CC#CC#CC#CC#CC#CC#CC#CC#CC1(C)c2ccccc2-c2ccc(C3=c4ccc([nH]4)=C(C)c4ccc([nH]4)C(c4ccc5c(c4)C(CCCCCCCCCCCCCCCC)(CCCCCCCCCCCCCCCC)c4ccccc4-5)=c4ccc([nH]4)=C(c4ccc(C)c5nc(-c6ccccc6)c(-c6ccccc6)nc45)c4ccc3[nH]4)cc21. The van der Waals surface area contributed by atoms with Gasteiger partial charge in [-0.1, -0.05) is 345 Å². The average Bonchev–Trinajstić information content (AvgIpc) is 1.56. The number of benzene rings is 7. The van der Waals surface area contributed by atoms with E-state index in [2.05, 4.69) is 444 Å². The van der Waals surface area contributed by atoms with E-state index >= 15 is 0 Å². The van der Waals surface area contributed by atoms with Crippen LogP contribution in [0, 0.1) is 197 Å². The van der Waals surface area contributed by atoms with Gasteiger partial charge in [0, 0.05) is 166 Å². The first-order valence-corrected chi connectivity index (χ1v) is 49.8. The van der Waals surface area contributed by atoms with Crippen LogP contribution in [-0.2, 0) is 10.8 Å². The minimum Gasteiger partial charge on any atom is -0.355 e. The molecule has 7 aromatic carbocycles. The first-order chi connectivity index (χ1) is 68.7. The number of H-pyrrole nitrogens is 4. The zero-order valence-corrected chi connectivity index (χ0v) is 80.8. The molecule has 0 spiro atoms. The van der Waals surface area contributed by atoms with E-state index in [9.17, 15) is 0 Å². The molecule has 5 aromatic heterocycles. The van der Waals surface area contributed by atoms with Crippen LogP contribution < -0.4 is 21.4 Å². The van der Waals surface area contributed by atoms with E-state index in [4.69, 9.17) is 16.4 Å². The molecule has 15 rings (SSSR count). The molecule has 676 valence electrons. The predicted molar refractivity (Wildman–Crippen MR) is 576 cm³/mol. The molecule has 6 nitrogen and oxygen atoms in total. The zero-order valence-electron chi connectivity index (χ0n) is 80.8. The number of nitrogens with zero attached hydrogens (tertiary/aromatic N) is 2. The third kappa shape index (κ3) is 25.0. The summed E-state index contributed by atoms with van der Waals surface area (Å²) in [4.78, 5) is 28.1. The van der Waals surface area contributed by atoms with E-state index in [0.717, 1.165) is 152 Å². The second-order valence-corrected chi connectivity index (χ2v) is 36.1. The molecule has 139 heavy (non-hydrogen) atoms. The zero-order chi connectivity index (χ0) is 95.7. The van der Waals surface area contributed by atoms with Gasteiger partial charge in [-0.25, -0.2) is 9.97 Å². The van der Waals surface area contributed by atoms with Crippen molar-refractivity contribution < 1.29 is 0 Å². The molecule has 3 aliphatic rings.